The Balaban J connectivity index is 2.26. The van der Waals surface area contributed by atoms with Crippen molar-refractivity contribution in [3.05, 3.63) is 47.3 Å². The molecule has 2 aromatic rings. The van der Waals surface area contributed by atoms with Gasteiger partial charge in [0.05, 0.1) is 17.1 Å². The molecule has 1 heterocycles. The van der Waals surface area contributed by atoms with Gasteiger partial charge < -0.3 is 5.73 Å². The second-order valence-electron chi connectivity index (χ2n) is 4.81. The second-order valence-corrected chi connectivity index (χ2v) is 6.54. The maximum Gasteiger partial charge on any atom is 0.241 e. The predicted octanol–water partition coefficient (Wildman–Crippen LogP) is 0.920. The van der Waals surface area contributed by atoms with E-state index in [4.69, 9.17) is 5.73 Å². The van der Waals surface area contributed by atoms with Crippen LogP contribution in [0.3, 0.4) is 0 Å². The van der Waals surface area contributed by atoms with Crippen LogP contribution in [0.1, 0.15) is 23.7 Å². The lowest BCUT2D eigenvalue weighted by atomic mass is 10.1. The Morgan fingerprint density at radius 2 is 2.10 bits per heavy atom. The molecule has 0 atom stereocenters. The topological polar surface area (TPSA) is 90.0 Å². The van der Waals surface area contributed by atoms with Crippen molar-refractivity contribution in [1.29, 1.82) is 0 Å². The maximum atomic E-state index is 12.5. The predicted molar refractivity (Wildman–Crippen MR) is 80.9 cm³/mol. The molecule has 0 bridgehead atoms. The van der Waals surface area contributed by atoms with E-state index in [9.17, 15) is 8.42 Å². The van der Waals surface area contributed by atoms with E-state index in [1.807, 2.05) is 19.1 Å². The SMILES string of the molecule is CCc1ccc(CN)cc1S(=O)(=O)NCc1ccn(C)n1. The van der Waals surface area contributed by atoms with Gasteiger partial charge in [-0.15, -0.1) is 0 Å². The molecule has 1 aromatic heterocycles. The highest BCUT2D eigenvalue weighted by atomic mass is 32.2. The van der Waals surface area contributed by atoms with Gasteiger partial charge in [-0.1, -0.05) is 19.1 Å². The van der Waals surface area contributed by atoms with Crippen LogP contribution in [-0.2, 0) is 36.6 Å². The summed E-state index contributed by atoms with van der Waals surface area (Å²) in [6.07, 6.45) is 2.42. The summed E-state index contributed by atoms with van der Waals surface area (Å²) in [5, 5.41) is 4.15. The number of benzene rings is 1. The molecular weight excluding hydrogens is 288 g/mol. The van der Waals surface area contributed by atoms with Gasteiger partial charge in [-0.25, -0.2) is 13.1 Å². The second kappa shape index (κ2) is 6.38. The standard InChI is InChI=1S/C14H20N4O2S/c1-3-12-5-4-11(9-15)8-14(12)21(19,20)16-10-13-6-7-18(2)17-13/h4-8,16H,3,9-10,15H2,1-2H3. The molecule has 7 heteroatoms. The molecule has 0 unspecified atom stereocenters. The van der Waals surface area contributed by atoms with Crippen LogP contribution < -0.4 is 10.5 Å². The van der Waals surface area contributed by atoms with Crippen molar-refractivity contribution in [2.45, 2.75) is 31.3 Å². The number of nitrogens with two attached hydrogens (primary N) is 1. The van der Waals surface area contributed by atoms with E-state index in [1.54, 1.807) is 30.1 Å². The van der Waals surface area contributed by atoms with E-state index < -0.39 is 10.0 Å². The molecule has 0 radical (unpaired) electrons. The van der Waals surface area contributed by atoms with Gasteiger partial charge >= 0.3 is 0 Å². The van der Waals surface area contributed by atoms with E-state index in [2.05, 4.69) is 9.82 Å². The lowest BCUT2D eigenvalue weighted by Crippen LogP contribution is -2.25. The molecule has 1 aromatic carbocycles. The number of aryl methyl sites for hydroxylation is 2. The smallest absolute Gasteiger partial charge is 0.241 e. The number of hydrogen-bond donors (Lipinski definition) is 2. The lowest BCUT2D eigenvalue weighted by molar-refractivity contribution is 0.578. The Labute approximate surface area is 125 Å². The Hall–Kier alpha value is -1.70. The Kier molecular flexibility index (Phi) is 4.76. The Morgan fingerprint density at radius 1 is 1.33 bits per heavy atom. The molecule has 0 aliphatic carbocycles. The van der Waals surface area contributed by atoms with Crippen LogP contribution >= 0.6 is 0 Å². The zero-order valence-electron chi connectivity index (χ0n) is 12.2. The van der Waals surface area contributed by atoms with Gasteiger partial charge in [-0.05, 0) is 29.7 Å². The van der Waals surface area contributed by atoms with E-state index in [-0.39, 0.29) is 6.54 Å². The number of nitrogens with one attached hydrogen (secondary N) is 1. The largest absolute Gasteiger partial charge is 0.326 e. The third kappa shape index (κ3) is 3.69. The fourth-order valence-electron chi connectivity index (χ4n) is 2.07. The molecule has 0 amide bonds. The molecule has 0 saturated heterocycles. The van der Waals surface area contributed by atoms with Gasteiger partial charge in [0.15, 0.2) is 0 Å². The van der Waals surface area contributed by atoms with Crippen LogP contribution in [0.15, 0.2) is 35.4 Å². The average molecular weight is 308 g/mol. The fourth-order valence-corrected chi connectivity index (χ4v) is 3.43. The Morgan fingerprint density at radius 3 is 2.67 bits per heavy atom. The maximum absolute atomic E-state index is 12.5. The third-order valence-electron chi connectivity index (χ3n) is 3.25. The zero-order valence-corrected chi connectivity index (χ0v) is 13.0. The summed E-state index contributed by atoms with van der Waals surface area (Å²) in [6, 6.07) is 7.09. The molecule has 21 heavy (non-hydrogen) atoms. The van der Waals surface area contributed by atoms with Gasteiger partial charge in [-0.3, -0.25) is 4.68 Å². The van der Waals surface area contributed by atoms with Gasteiger partial charge in [0.2, 0.25) is 10.0 Å². The normalized spacial score (nSPS) is 11.8. The Bertz CT molecular complexity index is 722. The molecule has 0 fully saturated rings. The summed E-state index contributed by atoms with van der Waals surface area (Å²) in [4.78, 5) is 0.295. The van der Waals surface area contributed by atoms with E-state index >= 15 is 0 Å². The molecule has 0 aliphatic rings. The van der Waals surface area contributed by atoms with Crippen LogP contribution in [0.25, 0.3) is 0 Å². The summed E-state index contributed by atoms with van der Waals surface area (Å²) >= 11 is 0. The summed E-state index contributed by atoms with van der Waals surface area (Å²) < 4.78 is 29.2. The van der Waals surface area contributed by atoms with Crippen LogP contribution in [0.5, 0.6) is 0 Å². The van der Waals surface area contributed by atoms with E-state index in [0.29, 0.717) is 23.6 Å². The van der Waals surface area contributed by atoms with Crippen molar-refractivity contribution in [2.75, 3.05) is 0 Å². The zero-order chi connectivity index (χ0) is 15.5. The first-order chi connectivity index (χ1) is 9.96. The highest BCUT2D eigenvalue weighted by molar-refractivity contribution is 7.89. The summed E-state index contributed by atoms with van der Waals surface area (Å²) in [6.45, 7) is 2.40. The third-order valence-corrected chi connectivity index (χ3v) is 4.73. The highest BCUT2D eigenvalue weighted by Gasteiger charge is 2.18. The summed E-state index contributed by atoms with van der Waals surface area (Å²) in [5.41, 5.74) is 7.84. The van der Waals surface area contributed by atoms with Crippen molar-refractivity contribution in [3.63, 3.8) is 0 Å². The van der Waals surface area contributed by atoms with Gasteiger partial charge in [0.1, 0.15) is 0 Å². The van der Waals surface area contributed by atoms with Crippen LogP contribution in [0.2, 0.25) is 0 Å². The quantitative estimate of drug-likeness (QED) is 0.830. The van der Waals surface area contributed by atoms with Gasteiger partial charge in [0.25, 0.3) is 0 Å². The molecule has 114 valence electrons. The number of rotatable bonds is 6. The first-order valence-corrected chi connectivity index (χ1v) is 8.24. The molecule has 0 spiro atoms. The number of hydrogen-bond acceptors (Lipinski definition) is 4. The van der Waals surface area contributed by atoms with Gasteiger partial charge in [-0.2, -0.15) is 5.10 Å². The monoisotopic (exact) mass is 308 g/mol. The number of sulfonamides is 1. The number of nitrogens with zero attached hydrogens (tertiary/aromatic N) is 2. The van der Waals surface area contributed by atoms with Crippen molar-refractivity contribution in [1.82, 2.24) is 14.5 Å². The van der Waals surface area contributed by atoms with Crippen LogP contribution in [-0.4, -0.2) is 18.2 Å². The highest BCUT2D eigenvalue weighted by Crippen LogP contribution is 2.18. The molecule has 3 N–H and O–H groups in total. The summed E-state index contributed by atoms with van der Waals surface area (Å²) in [7, 11) is -1.79. The summed E-state index contributed by atoms with van der Waals surface area (Å²) in [5.74, 6) is 0. The van der Waals surface area contributed by atoms with Crippen LogP contribution in [0, 0.1) is 0 Å². The molecular formula is C14H20N4O2S. The minimum absolute atomic E-state index is 0.166. The minimum atomic E-state index is -3.58. The van der Waals surface area contributed by atoms with Crippen molar-refractivity contribution in [3.8, 4) is 0 Å². The van der Waals surface area contributed by atoms with Crippen molar-refractivity contribution < 1.29 is 8.42 Å². The average Bonchev–Trinajstić information content (AvgIpc) is 2.90. The van der Waals surface area contributed by atoms with Gasteiger partial charge in [0, 0.05) is 19.8 Å². The minimum Gasteiger partial charge on any atom is -0.326 e. The first kappa shape index (κ1) is 15.7. The van der Waals surface area contributed by atoms with Crippen molar-refractivity contribution in [2.24, 2.45) is 12.8 Å². The molecule has 2 rings (SSSR count). The van der Waals surface area contributed by atoms with Crippen LogP contribution in [0.4, 0.5) is 0 Å². The first-order valence-electron chi connectivity index (χ1n) is 6.76. The lowest BCUT2D eigenvalue weighted by Gasteiger charge is -2.11. The fraction of sp³-hybridized carbons (Fsp3) is 0.357. The number of aromatic nitrogens is 2. The molecule has 0 saturated carbocycles. The molecule has 6 nitrogen and oxygen atoms in total. The van der Waals surface area contributed by atoms with E-state index in [1.165, 1.54) is 0 Å². The van der Waals surface area contributed by atoms with E-state index in [0.717, 1.165) is 11.1 Å². The van der Waals surface area contributed by atoms with Crippen molar-refractivity contribution >= 4 is 10.0 Å². The molecule has 0 aliphatic heterocycles.